The molecule has 1 aromatic rings. The molecule has 1 amide bonds. The summed E-state index contributed by atoms with van der Waals surface area (Å²) in [6.07, 6.45) is 1.71. The maximum absolute atomic E-state index is 12.3. The van der Waals surface area contributed by atoms with E-state index in [0.717, 1.165) is 18.4 Å². The number of amides is 1. The lowest BCUT2D eigenvalue weighted by Crippen LogP contribution is -2.44. The Labute approximate surface area is 131 Å². The summed E-state index contributed by atoms with van der Waals surface area (Å²) in [5.41, 5.74) is 1.02. The Hall–Kier alpha value is -1.26. The first-order valence-corrected chi connectivity index (χ1v) is 7.70. The van der Waals surface area contributed by atoms with E-state index in [1.165, 1.54) is 0 Å². The van der Waals surface area contributed by atoms with Crippen molar-refractivity contribution in [2.75, 3.05) is 19.8 Å². The van der Waals surface area contributed by atoms with Crippen molar-refractivity contribution in [2.45, 2.75) is 39.7 Å². The first kappa shape index (κ1) is 17.8. The van der Waals surface area contributed by atoms with Crippen LogP contribution in [0.25, 0.3) is 0 Å². The van der Waals surface area contributed by atoms with Crippen LogP contribution in [-0.4, -0.2) is 41.7 Å². The lowest BCUT2D eigenvalue weighted by Gasteiger charge is -2.30. The lowest BCUT2D eigenvalue weighted by atomic mass is 10.1. The van der Waals surface area contributed by atoms with Crippen LogP contribution in [-0.2, 0) is 4.79 Å². The second-order valence-electron chi connectivity index (χ2n) is 5.00. The number of carbonyl (C=O) groups excluding carboxylic acids is 1. The van der Waals surface area contributed by atoms with E-state index in [9.17, 15) is 4.79 Å². The molecule has 0 radical (unpaired) electrons. The molecular weight excluding hydrogens is 290 g/mol. The fourth-order valence-corrected chi connectivity index (χ4v) is 2.46. The SMILES string of the molecule is CCC(CC)N(CCO)C(=O)COc1cc(C)ccc1Cl. The van der Waals surface area contributed by atoms with Crippen LogP contribution in [0.3, 0.4) is 0 Å². The molecule has 1 rings (SSSR count). The average Bonchev–Trinajstić information content (AvgIpc) is 2.48. The molecule has 0 heterocycles. The number of benzene rings is 1. The molecule has 0 fully saturated rings. The zero-order chi connectivity index (χ0) is 15.8. The van der Waals surface area contributed by atoms with Crippen molar-refractivity contribution in [1.82, 2.24) is 4.90 Å². The summed E-state index contributed by atoms with van der Waals surface area (Å²) in [6.45, 7) is 6.21. The molecule has 0 aliphatic carbocycles. The predicted octanol–water partition coefficient (Wildman–Crippen LogP) is 3.04. The second kappa shape index (κ2) is 8.90. The molecule has 1 N–H and O–H groups in total. The number of hydrogen-bond donors (Lipinski definition) is 1. The number of aliphatic hydroxyl groups excluding tert-OH is 1. The van der Waals surface area contributed by atoms with E-state index >= 15 is 0 Å². The van der Waals surface area contributed by atoms with Crippen molar-refractivity contribution in [3.63, 3.8) is 0 Å². The van der Waals surface area contributed by atoms with Gasteiger partial charge in [0.2, 0.25) is 0 Å². The van der Waals surface area contributed by atoms with Crippen molar-refractivity contribution >= 4 is 17.5 Å². The average molecular weight is 314 g/mol. The zero-order valence-corrected chi connectivity index (χ0v) is 13.7. The van der Waals surface area contributed by atoms with Crippen LogP contribution >= 0.6 is 11.6 Å². The van der Waals surface area contributed by atoms with E-state index in [4.69, 9.17) is 21.4 Å². The van der Waals surface area contributed by atoms with Gasteiger partial charge >= 0.3 is 0 Å². The molecule has 0 aromatic heterocycles. The number of aliphatic hydroxyl groups is 1. The maximum Gasteiger partial charge on any atom is 0.260 e. The summed E-state index contributed by atoms with van der Waals surface area (Å²) >= 11 is 6.05. The van der Waals surface area contributed by atoms with Crippen molar-refractivity contribution in [1.29, 1.82) is 0 Å². The van der Waals surface area contributed by atoms with Gasteiger partial charge in [0.15, 0.2) is 6.61 Å². The van der Waals surface area contributed by atoms with Gasteiger partial charge in [0, 0.05) is 12.6 Å². The van der Waals surface area contributed by atoms with Gasteiger partial charge in [0.25, 0.3) is 5.91 Å². The monoisotopic (exact) mass is 313 g/mol. The van der Waals surface area contributed by atoms with Crippen molar-refractivity contribution in [3.8, 4) is 5.75 Å². The standard InChI is InChI=1S/C16H24ClNO3/c1-4-13(5-2)18(8-9-19)16(20)11-21-15-10-12(3)6-7-14(15)17/h6-7,10,13,19H,4-5,8-9,11H2,1-3H3. The largest absolute Gasteiger partial charge is 0.482 e. The number of ether oxygens (including phenoxy) is 1. The lowest BCUT2D eigenvalue weighted by molar-refractivity contribution is -0.136. The quantitative estimate of drug-likeness (QED) is 0.802. The first-order valence-electron chi connectivity index (χ1n) is 7.32. The van der Waals surface area contributed by atoms with E-state index in [2.05, 4.69) is 0 Å². The van der Waals surface area contributed by atoms with Gasteiger partial charge in [-0.25, -0.2) is 0 Å². The van der Waals surface area contributed by atoms with Crippen LogP contribution in [0.1, 0.15) is 32.3 Å². The van der Waals surface area contributed by atoms with Gasteiger partial charge in [-0.2, -0.15) is 0 Å². The van der Waals surface area contributed by atoms with Gasteiger partial charge in [0.05, 0.1) is 11.6 Å². The highest BCUT2D eigenvalue weighted by Crippen LogP contribution is 2.25. The highest BCUT2D eigenvalue weighted by atomic mass is 35.5. The van der Waals surface area contributed by atoms with Gasteiger partial charge in [-0.05, 0) is 37.5 Å². The van der Waals surface area contributed by atoms with Crippen molar-refractivity contribution in [2.24, 2.45) is 0 Å². The van der Waals surface area contributed by atoms with Gasteiger partial charge in [-0.15, -0.1) is 0 Å². The molecule has 0 unspecified atom stereocenters. The smallest absolute Gasteiger partial charge is 0.260 e. The topological polar surface area (TPSA) is 49.8 Å². The summed E-state index contributed by atoms with van der Waals surface area (Å²) in [5, 5.41) is 9.63. The molecule has 0 atom stereocenters. The summed E-state index contributed by atoms with van der Waals surface area (Å²) in [4.78, 5) is 14.0. The van der Waals surface area contributed by atoms with Gasteiger partial charge < -0.3 is 14.7 Å². The van der Waals surface area contributed by atoms with Crippen molar-refractivity contribution in [3.05, 3.63) is 28.8 Å². The normalized spacial score (nSPS) is 10.8. The summed E-state index contributed by atoms with van der Waals surface area (Å²) < 4.78 is 5.54. The molecule has 21 heavy (non-hydrogen) atoms. The minimum absolute atomic E-state index is 0.0482. The second-order valence-corrected chi connectivity index (χ2v) is 5.41. The Morgan fingerprint density at radius 1 is 1.38 bits per heavy atom. The molecule has 5 heteroatoms. The third-order valence-electron chi connectivity index (χ3n) is 3.48. The highest BCUT2D eigenvalue weighted by molar-refractivity contribution is 6.32. The molecular formula is C16H24ClNO3. The van der Waals surface area contributed by atoms with Gasteiger partial charge in [0.1, 0.15) is 5.75 Å². The van der Waals surface area contributed by atoms with Gasteiger partial charge in [-0.3, -0.25) is 4.79 Å². The molecule has 1 aromatic carbocycles. The maximum atomic E-state index is 12.3. The number of aryl methyl sites for hydroxylation is 1. The molecule has 118 valence electrons. The Kier molecular flexibility index (Phi) is 7.54. The fraction of sp³-hybridized carbons (Fsp3) is 0.562. The Morgan fingerprint density at radius 2 is 2.05 bits per heavy atom. The summed E-state index contributed by atoms with van der Waals surface area (Å²) in [7, 11) is 0. The fourth-order valence-electron chi connectivity index (χ4n) is 2.29. The van der Waals surface area contributed by atoms with Crippen molar-refractivity contribution < 1.29 is 14.6 Å². The Bertz CT molecular complexity index is 461. The molecule has 0 aliphatic heterocycles. The number of nitrogens with zero attached hydrogens (tertiary/aromatic N) is 1. The molecule has 4 nitrogen and oxygen atoms in total. The molecule has 0 saturated heterocycles. The third kappa shape index (κ3) is 5.21. The van der Waals surface area contributed by atoms with Crippen LogP contribution in [0.2, 0.25) is 5.02 Å². The van der Waals surface area contributed by atoms with E-state index in [0.29, 0.717) is 17.3 Å². The summed E-state index contributed by atoms with van der Waals surface area (Å²) in [5.74, 6) is 0.383. The molecule has 0 aliphatic rings. The minimum atomic E-state index is -0.129. The van der Waals surface area contributed by atoms with Crippen LogP contribution in [0, 0.1) is 6.92 Å². The van der Waals surface area contributed by atoms with E-state index in [-0.39, 0.29) is 25.2 Å². The Balaban J connectivity index is 2.71. The third-order valence-corrected chi connectivity index (χ3v) is 3.79. The van der Waals surface area contributed by atoms with Crippen LogP contribution in [0.15, 0.2) is 18.2 Å². The molecule has 0 bridgehead atoms. The van der Waals surface area contributed by atoms with Gasteiger partial charge in [-0.1, -0.05) is 31.5 Å². The first-order chi connectivity index (χ1) is 10.0. The van der Waals surface area contributed by atoms with E-state index in [1.807, 2.05) is 32.9 Å². The predicted molar refractivity (Wildman–Crippen MR) is 84.9 cm³/mol. The number of hydrogen-bond acceptors (Lipinski definition) is 3. The van der Waals surface area contributed by atoms with Crippen LogP contribution < -0.4 is 4.74 Å². The Morgan fingerprint density at radius 3 is 2.62 bits per heavy atom. The number of carbonyl (C=O) groups is 1. The minimum Gasteiger partial charge on any atom is -0.482 e. The van der Waals surface area contributed by atoms with Crippen LogP contribution in [0.5, 0.6) is 5.75 Å². The highest BCUT2D eigenvalue weighted by Gasteiger charge is 2.21. The zero-order valence-electron chi connectivity index (χ0n) is 12.9. The van der Waals surface area contributed by atoms with E-state index < -0.39 is 0 Å². The molecule has 0 spiro atoms. The molecule has 0 saturated carbocycles. The van der Waals surface area contributed by atoms with E-state index in [1.54, 1.807) is 11.0 Å². The number of halogens is 1. The van der Waals surface area contributed by atoms with Crippen LogP contribution in [0.4, 0.5) is 0 Å². The summed E-state index contributed by atoms with van der Waals surface area (Å²) in [6, 6.07) is 5.58. The number of rotatable bonds is 8.